The number of rotatable bonds is 7. The fourth-order valence-corrected chi connectivity index (χ4v) is 3.67. The van der Waals surface area contributed by atoms with Crippen LogP contribution < -0.4 is 14.8 Å². The zero-order valence-electron chi connectivity index (χ0n) is 16.5. The molecule has 3 rings (SSSR count). The van der Waals surface area contributed by atoms with E-state index in [1.165, 1.54) is 36.4 Å². The van der Waals surface area contributed by atoms with Crippen LogP contribution in [-0.2, 0) is 14.8 Å². The third-order valence-electron chi connectivity index (χ3n) is 4.28. The van der Waals surface area contributed by atoms with E-state index in [0.29, 0.717) is 17.1 Å². The number of amides is 1. The first-order valence-corrected chi connectivity index (χ1v) is 10.6. The summed E-state index contributed by atoms with van der Waals surface area (Å²) in [4.78, 5) is 12.1. The van der Waals surface area contributed by atoms with Crippen molar-refractivity contribution in [3.05, 3.63) is 83.7 Å². The summed E-state index contributed by atoms with van der Waals surface area (Å²) in [6.45, 7) is 3.36. The number of ether oxygens (including phenoxy) is 1. The normalized spacial score (nSPS) is 11.0. The molecule has 0 aliphatic heterocycles. The van der Waals surface area contributed by atoms with E-state index >= 15 is 0 Å². The number of nitrogens with one attached hydrogen (secondary N) is 2. The molecule has 0 fully saturated rings. The van der Waals surface area contributed by atoms with Gasteiger partial charge in [-0.15, -0.1) is 0 Å². The monoisotopic (exact) mass is 428 g/mol. The average Bonchev–Trinajstić information content (AvgIpc) is 2.71. The Bertz CT molecular complexity index is 1140. The lowest BCUT2D eigenvalue weighted by Gasteiger charge is -2.11. The topological polar surface area (TPSA) is 84.5 Å². The van der Waals surface area contributed by atoms with Crippen LogP contribution in [0.3, 0.4) is 0 Å². The van der Waals surface area contributed by atoms with Gasteiger partial charge in [0.2, 0.25) is 0 Å². The van der Waals surface area contributed by atoms with E-state index in [2.05, 4.69) is 10.0 Å². The van der Waals surface area contributed by atoms with Gasteiger partial charge in [-0.1, -0.05) is 23.8 Å². The molecule has 2 N–H and O–H groups in total. The van der Waals surface area contributed by atoms with Crippen LogP contribution in [0.2, 0.25) is 0 Å². The van der Waals surface area contributed by atoms with Crippen LogP contribution in [-0.4, -0.2) is 20.9 Å². The molecule has 0 saturated carbocycles. The standard InChI is InChI=1S/C22H21FN2O4S/c1-15-3-7-18(8-4-15)25-30(27,28)20-11-9-19(10-12-20)29-14-22(26)24-21-13-17(23)6-5-16(21)2/h3-13,25H,14H2,1-2H3,(H,24,26). The van der Waals surface area contributed by atoms with Gasteiger partial charge in [-0.25, -0.2) is 12.8 Å². The molecule has 30 heavy (non-hydrogen) atoms. The summed E-state index contributed by atoms with van der Waals surface area (Å²) in [5.74, 6) is -0.579. The molecule has 8 heteroatoms. The third kappa shape index (κ3) is 5.57. The van der Waals surface area contributed by atoms with Crippen molar-refractivity contribution in [2.24, 2.45) is 0 Å². The maximum Gasteiger partial charge on any atom is 0.262 e. The van der Waals surface area contributed by atoms with Crippen LogP contribution in [0, 0.1) is 19.7 Å². The second kappa shape index (κ2) is 8.96. The summed E-state index contributed by atoms with van der Waals surface area (Å²) >= 11 is 0. The SMILES string of the molecule is Cc1ccc(NS(=O)(=O)c2ccc(OCC(=O)Nc3cc(F)ccc3C)cc2)cc1. The first-order chi connectivity index (χ1) is 14.2. The molecule has 0 heterocycles. The first-order valence-electron chi connectivity index (χ1n) is 9.11. The molecule has 6 nitrogen and oxygen atoms in total. The van der Waals surface area contributed by atoms with E-state index < -0.39 is 21.7 Å². The van der Waals surface area contributed by atoms with Crippen molar-refractivity contribution in [2.45, 2.75) is 18.7 Å². The van der Waals surface area contributed by atoms with Gasteiger partial charge in [0.05, 0.1) is 4.90 Å². The Morgan fingerprint density at radius 3 is 2.30 bits per heavy atom. The fraction of sp³-hybridized carbons (Fsp3) is 0.136. The average molecular weight is 428 g/mol. The number of halogens is 1. The zero-order chi connectivity index (χ0) is 21.7. The van der Waals surface area contributed by atoms with Gasteiger partial charge in [-0.05, 0) is 67.9 Å². The Kier molecular flexibility index (Phi) is 6.37. The molecule has 0 atom stereocenters. The van der Waals surface area contributed by atoms with Crippen LogP contribution in [0.4, 0.5) is 15.8 Å². The minimum atomic E-state index is -3.74. The molecule has 0 aliphatic rings. The van der Waals surface area contributed by atoms with Crippen LogP contribution in [0.25, 0.3) is 0 Å². The summed E-state index contributed by atoms with van der Waals surface area (Å²) in [5.41, 5.74) is 2.58. The summed E-state index contributed by atoms with van der Waals surface area (Å²) < 4.78 is 46.2. The molecule has 0 radical (unpaired) electrons. The lowest BCUT2D eigenvalue weighted by molar-refractivity contribution is -0.118. The first kappa shape index (κ1) is 21.3. The van der Waals surface area contributed by atoms with E-state index in [0.717, 1.165) is 11.1 Å². The Morgan fingerprint density at radius 1 is 0.967 bits per heavy atom. The van der Waals surface area contributed by atoms with Gasteiger partial charge in [0.1, 0.15) is 11.6 Å². The van der Waals surface area contributed by atoms with Crippen molar-refractivity contribution in [3.63, 3.8) is 0 Å². The molecular weight excluding hydrogens is 407 g/mol. The lowest BCUT2D eigenvalue weighted by atomic mass is 10.2. The van der Waals surface area contributed by atoms with Gasteiger partial charge >= 0.3 is 0 Å². The minimum absolute atomic E-state index is 0.0651. The molecule has 3 aromatic carbocycles. The molecule has 1 amide bonds. The number of anilines is 2. The Hall–Kier alpha value is -3.39. The van der Waals surface area contributed by atoms with Crippen molar-refractivity contribution >= 4 is 27.3 Å². The number of hydrogen-bond acceptors (Lipinski definition) is 4. The second-order valence-corrected chi connectivity index (χ2v) is 8.42. The van der Waals surface area contributed by atoms with Crippen molar-refractivity contribution < 1.29 is 22.3 Å². The quantitative estimate of drug-likeness (QED) is 0.589. The summed E-state index contributed by atoms with van der Waals surface area (Å²) in [6, 6.07) is 16.8. The van der Waals surface area contributed by atoms with E-state index in [4.69, 9.17) is 4.74 Å². The smallest absolute Gasteiger partial charge is 0.262 e. The zero-order valence-corrected chi connectivity index (χ0v) is 17.3. The number of carbonyl (C=O) groups is 1. The fourth-order valence-electron chi connectivity index (χ4n) is 2.61. The lowest BCUT2D eigenvalue weighted by Crippen LogP contribution is -2.20. The number of benzene rings is 3. The highest BCUT2D eigenvalue weighted by atomic mass is 32.2. The molecule has 0 bridgehead atoms. The molecule has 0 aliphatic carbocycles. The minimum Gasteiger partial charge on any atom is -0.484 e. The van der Waals surface area contributed by atoms with Crippen LogP contribution >= 0.6 is 0 Å². The van der Waals surface area contributed by atoms with Crippen LogP contribution in [0.5, 0.6) is 5.75 Å². The van der Waals surface area contributed by atoms with E-state index in [-0.39, 0.29) is 11.5 Å². The van der Waals surface area contributed by atoms with Crippen LogP contribution in [0.1, 0.15) is 11.1 Å². The molecule has 156 valence electrons. The van der Waals surface area contributed by atoms with Gasteiger partial charge in [-0.3, -0.25) is 9.52 Å². The maximum atomic E-state index is 13.3. The van der Waals surface area contributed by atoms with Gasteiger partial charge in [0.15, 0.2) is 6.61 Å². The summed E-state index contributed by atoms with van der Waals surface area (Å²) in [5, 5.41) is 2.58. The second-order valence-electron chi connectivity index (χ2n) is 6.74. The van der Waals surface area contributed by atoms with Crippen molar-refractivity contribution in [3.8, 4) is 5.75 Å². The molecular formula is C22H21FN2O4S. The van der Waals surface area contributed by atoms with Gasteiger partial charge < -0.3 is 10.1 Å². The molecule has 3 aromatic rings. The number of sulfonamides is 1. The largest absolute Gasteiger partial charge is 0.484 e. The predicted molar refractivity (Wildman–Crippen MR) is 114 cm³/mol. The van der Waals surface area contributed by atoms with E-state index in [9.17, 15) is 17.6 Å². The predicted octanol–water partition coefficient (Wildman–Crippen LogP) is 4.26. The van der Waals surface area contributed by atoms with Gasteiger partial charge in [0.25, 0.3) is 15.9 Å². The molecule has 0 unspecified atom stereocenters. The van der Waals surface area contributed by atoms with Crippen LogP contribution in [0.15, 0.2) is 71.6 Å². The van der Waals surface area contributed by atoms with Crippen molar-refractivity contribution in [1.82, 2.24) is 0 Å². The van der Waals surface area contributed by atoms with E-state index in [1.807, 2.05) is 19.1 Å². The molecule has 0 aromatic heterocycles. The highest BCUT2D eigenvalue weighted by Gasteiger charge is 2.14. The summed E-state index contributed by atoms with van der Waals surface area (Å²) in [6.07, 6.45) is 0. The van der Waals surface area contributed by atoms with Gasteiger partial charge in [0, 0.05) is 11.4 Å². The number of hydrogen-bond donors (Lipinski definition) is 2. The molecule has 0 saturated heterocycles. The van der Waals surface area contributed by atoms with Crippen molar-refractivity contribution in [2.75, 3.05) is 16.6 Å². The third-order valence-corrected chi connectivity index (χ3v) is 5.68. The maximum absolute atomic E-state index is 13.3. The number of carbonyl (C=O) groups excluding carboxylic acids is 1. The highest BCUT2D eigenvalue weighted by Crippen LogP contribution is 2.20. The summed E-state index contributed by atoms with van der Waals surface area (Å²) in [7, 11) is -3.74. The Balaban J connectivity index is 1.59. The number of aryl methyl sites for hydroxylation is 2. The highest BCUT2D eigenvalue weighted by molar-refractivity contribution is 7.92. The van der Waals surface area contributed by atoms with Crippen molar-refractivity contribution in [1.29, 1.82) is 0 Å². The van der Waals surface area contributed by atoms with E-state index in [1.54, 1.807) is 25.1 Å². The Morgan fingerprint density at radius 2 is 1.63 bits per heavy atom. The van der Waals surface area contributed by atoms with Gasteiger partial charge in [-0.2, -0.15) is 0 Å². The Labute approximate surface area is 174 Å². The molecule has 0 spiro atoms.